The Bertz CT molecular complexity index is 866. The highest BCUT2D eigenvalue weighted by Crippen LogP contribution is 2.27. The Kier molecular flexibility index (Phi) is 5.03. The average molecular weight is 360 g/mol. The second kappa shape index (κ2) is 7.76. The first-order valence-electron chi connectivity index (χ1n) is 9.41. The molecule has 5 nitrogen and oxygen atoms in total. The maximum Gasteiger partial charge on any atom is 0.248 e. The topological polar surface area (TPSA) is 59.0 Å². The van der Waals surface area contributed by atoms with Crippen LogP contribution in [0.4, 0.5) is 0 Å². The second-order valence-corrected chi connectivity index (χ2v) is 6.98. The number of nitrogens with one attached hydrogen (secondary N) is 2. The van der Waals surface area contributed by atoms with Gasteiger partial charge in [0.25, 0.3) is 0 Å². The lowest BCUT2D eigenvalue weighted by Gasteiger charge is -2.36. The Morgan fingerprint density at radius 3 is 2.37 bits per heavy atom. The first kappa shape index (κ1) is 17.5. The molecule has 1 saturated heterocycles. The molecule has 0 unspecified atom stereocenters. The first-order valence-corrected chi connectivity index (χ1v) is 9.41. The van der Waals surface area contributed by atoms with Crippen molar-refractivity contribution in [2.45, 2.75) is 24.9 Å². The van der Waals surface area contributed by atoms with Crippen LogP contribution in [0.2, 0.25) is 0 Å². The lowest BCUT2D eigenvalue weighted by molar-refractivity contribution is -0.132. The fraction of sp³-hybridized carbons (Fsp3) is 0.273. The van der Waals surface area contributed by atoms with Crippen LogP contribution < -0.4 is 10.6 Å². The predicted octanol–water partition coefficient (Wildman–Crippen LogP) is 2.95. The van der Waals surface area contributed by atoms with Gasteiger partial charge in [-0.3, -0.25) is 9.48 Å². The number of rotatable bonds is 5. The van der Waals surface area contributed by atoms with Crippen molar-refractivity contribution in [1.82, 2.24) is 20.4 Å². The second-order valence-electron chi connectivity index (χ2n) is 6.98. The first-order chi connectivity index (χ1) is 13.3. The van der Waals surface area contributed by atoms with Gasteiger partial charge in [0.1, 0.15) is 5.54 Å². The zero-order chi connectivity index (χ0) is 18.5. The summed E-state index contributed by atoms with van der Waals surface area (Å²) in [4.78, 5) is 13.1. The molecule has 2 heterocycles. The number of nitrogens with zero attached hydrogens (tertiary/aromatic N) is 2. The molecule has 2 aromatic carbocycles. The Hall–Kier alpha value is -2.92. The van der Waals surface area contributed by atoms with E-state index < -0.39 is 5.54 Å². The summed E-state index contributed by atoms with van der Waals surface area (Å²) in [7, 11) is 0. The van der Waals surface area contributed by atoms with Crippen molar-refractivity contribution < 1.29 is 4.79 Å². The molecule has 1 amide bonds. The van der Waals surface area contributed by atoms with Crippen LogP contribution in [-0.4, -0.2) is 28.8 Å². The third-order valence-corrected chi connectivity index (χ3v) is 5.31. The number of benzene rings is 2. The van der Waals surface area contributed by atoms with Gasteiger partial charge in [0.15, 0.2) is 0 Å². The number of carbonyl (C=O) groups is 1. The van der Waals surface area contributed by atoms with Crippen LogP contribution >= 0.6 is 0 Å². The molecule has 138 valence electrons. The van der Waals surface area contributed by atoms with Gasteiger partial charge in [-0.25, -0.2) is 0 Å². The van der Waals surface area contributed by atoms with Crippen LogP contribution in [0.1, 0.15) is 18.4 Å². The van der Waals surface area contributed by atoms with E-state index in [0.717, 1.165) is 31.5 Å². The Morgan fingerprint density at radius 2 is 1.70 bits per heavy atom. The monoisotopic (exact) mass is 360 g/mol. The predicted molar refractivity (Wildman–Crippen MR) is 106 cm³/mol. The smallest absolute Gasteiger partial charge is 0.248 e. The number of piperidine rings is 1. The molecule has 1 aliphatic rings. The molecule has 1 aromatic heterocycles. The van der Waals surface area contributed by atoms with Gasteiger partial charge in [0.05, 0.1) is 0 Å². The molecule has 0 saturated carbocycles. The molecule has 0 spiro atoms. The summed E-state index contributed by atoms with van der Waals surface area (Å²) in [5.74, 6) is 0.0415. The van der Waals surface area contributed by atoms with Crippen molar-refractivity contribution in [3.8, 4) is 11.1 Å². The fourth-order valence-corrected chi connectivity index (χ4v) is 3.72. The van der Waals surface area contributed by atoms with Crippen LogP contribution in [0.5, 0.6) is 0 Å². The maximum atomic E-state index is 13.1. The van der Waals surface area contributed by atoms with Crippen molar-refractivity contribution >= 4 is 5.91 Å². The van der Waals surface area contributed by atoms with E-state index in [9.17, 15) is 4.79 Å². The molecule has 0 aliphatic carbocycles. The highest BCUT2D eigenvalue weighted by Gasteiger charge is 2.41. The normalized spacial score (nSPS) is 16.0. The number of carbonyl (C=O) groups excluding carboxylic acids is 1. The number of amides is 1. The van der Waals surface area contributed by atoms with E-state index in [1.165, 1.54) is 11.1 Å². The minimum Gasteiger partial charge on any atom is -0.350 e. The zero-order valence-corrected chi connectivity index (χ0v) is 15.3. The molecular weight excluding hydrogens is 336 g/mol. The van der Waals surface area contributed by atoms with E-state index in [4.69, 9.17) is 0 Å². The molecule has 0 radical (unpaired) electrons. The van der Waals surface area contributed by atoms with Crippen LogP contribution in [0, 0.1) is 0 Å². The molecule has 4 rings (SSSR count). The standard InChI is InChI=1S/C22H24N4O/c27-21(22(11-14-23-15-12-22)26-16-4-13-25-26)24-17-18-7-9-20(10-8-18)19-5-2-1-3-6-19/h1-10,13,16,23H,11-12,14-15,17H2,(H,24,27). The fourth-order valence-electron chi connectivity index (χ4n) is 3.72. The lowest BCUT2D eigenvalue weighted by atomic mass is 9.87. The van der Waals surface area contributed by atoms with Gasteiger partial charge in [-0.1, -0.05) is 54.6 Å². The van der Waals surface area contributed by atoms with E-state index in [-0.39, 0.29) is 5.91 Å². The third kappa shape index (κ3) is 3.64. The summed E-state index contributed by atoms with van der Waals surface area (Å²) in [6.45, 7) is 2.16. The highest BCUT2D eigenvalue weighted by atomic mass is 16.2. The molecule has 1 fully saturated rings. The molecule has 0 atom stereocenters. The van der Waals surface area contributed by atoms with Crippen molar-refractivity contribution in [3.05, 3.63) is 78.6 Å². The van der Waals surface area contributed by atoms with Crippen molar-refractivity contribution in [2.75, 3.05) is 13.1 Å². The van der Waals surface area contributed by atoms with Crippen molar-refractivity contribution in [2.24, 2.45) is 0 Å². The summed E-state index contributed by atoms with van der Waals surface area (Å²) in [6, 6.07) is 20.5. The summed E-state index contributed by atoms with van der Waals surface area (Å²) in [5, 5.41) is 10.8. The molecule has 3 aromatic rings. The van der Waals surface area contributed by atoms with Crippen molar-refractivity contribution in [1.29, 1.82) is 0 Å². The van der Waals surface area contributed by atoms with Gasteiger partial charge in [0.2, 0.25) is 5.91 Å². The van der Waals surface area contributed by atoms with Gasteiger partial charge in [-0.15, -0.1) is 0 Å². The van der Waals surface area contributed by atoms with E-state index >= 15 is 0 Å². The van der Waals surface area contributed by atoms with E-state index in [1.807, 2.05) is 35.1 Å². The molecule has 5 heteroatoms. The number of hydrogen-bond donors (Lipinski definition) is 2. The largest absolute Gasteiger partial charge is 0.350 e. The summed E-state index contributed by atoms with van der Waals surface area (Å²) in [5.41, 5.74) is 2.86. The van der Waals surface area contributed by atoms with Crippen LogP contribution in [0.25, 0.3) is 11.1 Å². The van der Waals surface area contributed by atoms with Crippen LogP contribution in [-0.2, 0) is 16.9 Å². The van der Waals surface area contributed by atoms with E-state index in [0.29, 0.717) is 6.54 Å². The minimum absolute atomic E-state index is 0.0415. The summed E-state index contributed by atoms with van der Waals surface area (Å²) < 4.78 is 1.82. The van der Waals surface area contributed by atoms with Gasteiger partial charge in [-0.2, -0.15) is 5.10 Å². The molecule has 2 N–H and O–H groups in total. The maximum absolute atomic E-state index is 13.1. The Labute approximate surface area is 159 Å². The van der Waals surface area contributed by atoms with E-state index in [1.54, 1.807) is 6.20 Å². The van der Waals surface area contributed by atoms with Gasteiger partial charge in [0, 0.05) is 18.9 Å². The van der Waals surface area contributed by atoms with Crippen LogP contribution in [0.3, 0.4) is 0 Å². The Balaban J connectivity index is 1.45. The highest BCUT2D eigenvalue weighted by molar-refractivity contribution is 5.84. The molecular formula is C22H24N4O. The van der Waals surface area contributed by atoms with Gasteiger partial charge in [-0.05, 0) is 48.7 Å². The van der Waals surface area contributed by atoms with E-state index in [2.05, 4.69) is 52.1 Å². The summed E-state index contributed by atoms with van der Waals surface area (Å²) in [6.07, 6.45) is 5.11. The lowest BCUT2D eigenvalue weighted by Crippen LogP contribution is -2.54. The molecule has 1 aliphatic heterocycles. The van der Waals surface area contributed by atoms with Crippen molar-refractivity contribution in [3.63, 3.8) is 0 Å². The number of aromatic nitrogens is 2. The third-order valence-electron chi connectivity index (χ3n) is 5.31. The molecule has 27 heavy (non-hydrogen) atoms. The quantitative estimate of drug-likeness (QED) is 0.735. The van der Waals surface area contributed by atoms with Crippen LogP contribution in [0.15, 0.2) is 73.1 Å². The SMILES string of the molecule is O=C(NCc1ccc(-c2ccccc2)cc1)C1(n2cccn2)CCNCC1. The number of hydrogen-bond acceptors (Lipinski definition) is 3. The molecule has 0 bridgehead atoms. The van der Waals surface area contributed by atoms with Gasteiger partial charge >= 0.3 is 0 Å². The Morgan fingerprint density at radius 1 is 1.00 bits per heavy atom. The van der Waals surface area contributed by atoms with Gasteiger partial charge < -0.3 is 10.6 Å². The minimum atomic E-state index is -0.598. The average Bonchev–Trinajstić information content (AvgIpc) is 3.29. The zero-order valence-electron chi connectivity index (χ0n) is 15.3. The summed E-state index contributed by atoms with van der Waals surface area (Å²) >= 11 is 0.